The molecule has 2 aliphatic rings. The van der Waals surface area contributed by atoms with Crippen molar-refractivity contribution in [1.29, 1.82) is 0 Å². The van der Waals surface area contributed by atoms with Crippen molar-refractivity contribution < 1.29 is 8.42 Å². The van der Waals surface area contributed by atoms with E-state index < -0.39 is 10.0 Å². The molecule has 0 aliphatic carbocycles. The summed E-state index contributed by atoms with van der Waals surface area (Å²) in [6.07, 6.45) is 3.50. The molecule has 0 radical (unpaired) electrons. The zero-order valence-corrected chi connectivity index (χ0v) is 14.2. The fourth-order valence-corrected chi connectivity index (χ4v) is 5.34. The number of hydrogen-bond acceptors (Lipinski definition) is 4. The van der Waals surface area contributed by atoms with Gasteiger partial charge in [0.2, 0.25) is 10.0 Å². The molecule has 1 unspecified atom stereocenters. The summed E-state index contributed by atoms with van der Waals surface area (Å²) in [4.78, 5) is 2.63. The number of nitrogens with two attached hydrogens (primary N) is 1. The Hall–Kier alpha value is -0.630. The zero-order valence-electron chi connectivity index (χ0n) is 11.8. The first kappa shape index (κ1) is 15.3. The third-order valence-electron chi connectivity index (χ3n) is 4.39. The molecule has 0 bridgehead atoms. The van der Waals surface area contributed by atoms with Crippen LogP contribution < -0.4 is 5.73 Å². The van der Waals surface area contributed by atoms with Gasteiger partial charge in [0, 0.05) is 30.1 Å². The van der Waals surface area contributed by atoms with E-state index in [0.29, 0.717) is 24.8 Å². The van der Waals surface area contributed by atoms with Crippen molar-refractivity contribution in [3.63, 3.8) is 0 Å². The minimum atomic E-state index is -3.51. The Labute approximate surface area is 134 Å². The van der Waals surface area contributed by atoms with Gasteiger partial charge in [0.15, 0.2) is 0 Å². The van der Waals surface area contributed by atoms with Gasteiger partial charge in [-0.05, 0) is 37.6 Å². The van der Waals surface area contributed by atoms with Crippen LogP contribution in [0, 0.1) is 0 Å². The molecule has 2 heterocycles. The summed E-state index contributed by atoms with van der Waals surface area (Å²) in [5, 5.41) is 0. The minimum Gasteiger partial charge on any atom is -0.398 e. The van der Waals surface area contributed by atoms with Crippen LogP contribution in [0.3, 0.4) is 0 Å². The van der Waals surface area contributed by atoms with Crippen molar-refractivity contribution in [3.8, 4) is 0 Å². The van der Waals surface area contributed by atoms with E-state index in [9.17, 15) is 8.42 Å². The quantitative estimate of drug-likeness (QED) is 0.803. The number of piperazine rings is 1. The molecule has 7 heteroatoms. The molecule has 0 aromatic heterocycles. The molecule has 1 atom stereocenters. The molecule has 2 saturated heterocycles. The topological polar surface area (TPSA) is 66.6 Å². The third-order valence-corrected chi connectivity index (χ3v) is 6.81. The number of nitrogen functional groups attached to an aromatic ring is 1. The fourth-order valence-electron chi connectivity index (χ4n) is 3.22. The van der Waals surface area contributed by atoms with Crippen molar-refractivity contribution in [1.82, 2.24) is 9.21 Å². The predicted molar refractivity (Wildman–Crippen MR) is 86.5 cm³/mol. The van der Waals surface area contributed by atoms with Gasteiger partial charge in [0.25, 0.3) is 0 Å². The van der Waals surface area contributed by atoms with E-state index in [1.54, 1.807) is 22.5 Å². The van der Waals surface area contributed by atoms with E-state index >= 15 is 0 Å². The number of anilines is 1. The van der Waals surface area contributed by atoms with Crippen LogP contribution in [0.1, 0.15) is 19.3 Å². The first-order valence-electron chi connectivity index (χ1n) is 7.28. The van der Waals surface area contributed by atoms with E-state index in [4.69, 9.17) is 5.73 Å². The average Bonchev–Trinajstić information content (AvgIpc) is 2.49. The van der Waals surface area contributed by atoms with Crippen molar-refractivity contribution in [2.45, 2.75) is 30.2 Å². The molecule has 5 nitrogen and oxygen atoms in total. The smallest absolute Gasteiger partial charge is 0.245 e. The molecule has 2 N–H and O–H groups in total. The van der Waals surface area contributed by atoms with Gasteiger partial charge in [-0.2, -0.15) is 4.31 Å². The molecule has 21 heavy (non-hydrogen) atoms. The monoisotopic (exact) mass is 373 g/mol. The number of benzene rings is 1. The number of nitrogens with zero attached hydrogens (tertiary/aromatic N) is 2. The number of halogens is 1. The maximum Gasteiger partial charge on any atom is 0.245 e. The van der Waals surface area contributed by atoms with Crippen LogP contribution in [0.2, 0.25) is 0 Å². The van der Waals surface area contributed by atoms with Crippen LogP contribution in [0.4, 0.5) is 5.69 Å². The second-order valence-corrected chi connectivity index (χ2v) is 8.55. The molecule has 2 aliphatic heterocycles. The summed E-state index contributed by atoms with van der Waals surface area (Å²) in [6.45, 7) is 3.04. The normalized spacial score (nSPS) is 24.7. The summed E-state index contributed by atoms with van der Waals surface area (Å²) in [5.41, 5.74) is 6.19. The lowest BCUT2D eigenvalue weighted by Gasteiger charge is -2.43. The SMILES string of the molecule is Nc1ccc(Br)cc1S(=O)(=O)N1CCN2CCCCC2C1. The van der Waals surface area contributed by atoms with Crippen LogP contribution >= 0.6 is 15.9 Å². The lowest BCUT2D eigenvalue weighted by Crippen LogP contribution is -2.56. The molecule has 0 amide bonds. The van der Waals surface area contributed by atoms with Crippen LogP contribution in [-0.2, 0) is 10.0 Å². The highest BCUT2D eigenvalue weighted by Gasteiger charge is 2.35. The Morgan fingerprint density at radius 2 is 2.00 bits per heavy atom. The van der Waals surface area contributed by atoms with Gasteiger partial charge in [-0.25, -0.2) is 8.42 Å². The second kappa shape index (κ2) is 5.87. The molecule has 2 fully saturated rings. The molecule has 1 aromatic carbocycles. The minimum absolute atomic E-state index is 0.209. The number of piperidine rings is 1. The highest BCUT2D eigenvalue weighted by molar-refractivity contribution is 9.10. The van der Waals surface area contributed by atoms with E-state index in [-0.39, 0.29) is 4.90 Å². The molecule has 3 rings (SSSR count). The lowest BCUT2D eigenvalue weighted by molar-refractivity contribution is 0.0852. The molecular weight excluding hydrogens is 354 g/mol. The Balaban J connectivity index is 1.86. The van der Waals surface area contributed by atoms with Gasteiger partial charge in [-0.1, -0.05) is 22.4 Å². The Kier molecular flexibility index (Phi) is 4.27. The van der Waals surface area contributed by atoms with E-state index in [0.717, 1.165) is 24.0 Å². The van der Waals surface area contributed by atoms with Gasteiger partial charge in [0.05, 0.1) is 5.69 Å². The number of rotatable bonds is 2. The van der Waals surface area contributed by atoms with Crippen LogP contribution in [0.5, 0.6) is 0 Å². The predicted octanol–water partition coefficient (Wildman–Crippen LogP) is 1.89. The average molecular weight is 374 g/mol. The zero-order chi connectivity index (χ0) is 15.0. The third kappa shape index (κ3) is 2.97. The Morgan fingerprint density at radius 1 is 1.19 bits per heavy atom. The lowest BCUT2D eigenvalue weighted by atomic mass is 10.0. The highest BCUT2D eigenvalue weighted by Crippen LogP contribution is 2.29. The molecular formula is C14H20BrN3O2S. The standard InChI is InChI=1S/C14H20BrN3O2S/c15-11-4-5-13(16)14(9-11)21(19,20)18-8-7-17-6-2-1-3-12(17)10-18/h4-5,9,12H,1-3,6-8,10,16H2. The number of sulfonamides is 1. The van der Waals surface area contributed by atoms with Gasteiger partial charge in [0.1, 0.15) is 4.90 Å². The molecule has 0 spiro atoms. The van der Waals surface area contributed by atoms with Gasteiger partial charge < -0.3 is 5.73 Å². The van der Waals surface area contributed by atoms with Crippen molar-refractivity contribution in [3.05, 3.63) is 22.7 Å². The molecule has 116 valence electrons. The fraction of sp³-hybridized carbons (Fsp3) is 0.571. The Bertz CT molecular complexity index is 635. The van der Waals surface area contributed by atoms with E-state index in [1.165, 1.54) is 12.8 Å². The van der Waals surface area contributed by atoms with Crippen molar-refractivity contribution >= 4 is 31.6 Å². The number of hydrogen-bond donors (Lipinski definition) is 1. The van der Waals surface area contributed by atoms with Crippen molar-refractivity contribution in [2.24, 2.45) is 0 Å². The molecule has 1 aromatic rings. The molecule has 0 saturated carbocycles. The summed E-state index contributed by atoms with van der Waals surface area (Å²) in [5.74, 6) is 0. The van der Waals surface area contributed by atoms with Gasteiger partial charge in [-0.15, -0.1) is 0 Å². The summed E-state index contributed by atoms with van der Waals surface area (Å²) >= 11 is 3.32. The van der Waals surface area contributed by atoms with E-state index in [2.05, 4.69) is 20.8 Å². The van der Waals surface area contributed by atoms with Gasteiger partial charge in [-0.3, -0.25) is 4.90 Å². The summed E-state index contributed by atoms with van der Waals surface area (Å²) in [6, 6.07) is 5.34. The first-order chi connectivity index (χ1) is 9.98. The largest absolute Gasteiger partial charge is 0.398 e. The highest BCUT2D eigenvalue weighted by atomic mass is 79.9. The van der Waals surface area contributed by atoms with Crippen LogP contribution in [0.25, 0.3) is 0 Å². The Morgan fingerprint density at radius 3 is 2.81 bits per heavy atom. The maximum absolute atomic E-state index is 12.8. The van der Waals surface area contributed by atoms with Gasteiger partial charge >= 0.3 is 0 Å². The second-order valence-electron chi connectivity index (χ2n) is 5.73. The summed E-state index contributed by atoms with van der Waals surface area (Å²) in [7, 11) is -3.51. The van der Waals surface area contributed by atoms with Crippen LogP contribution in [-0.4, -0.2) is 49.8 Å². The maximum atomic E-state index is 12.8. The number of fused-ring (bicyclic) bond motifs is 1. The summed E-state index contributed by atoms with van der Waals surface area (Å²) < 4.78 is 28.0. The first-order valence-corrected chi connectivity index (χ1v) is 9.51. The van der Waals surface area contributed by atoms with E-state index in [1.807, 2.05) is 0 Å². The van der Waals surface area contributed by atoms with Crippen molar-refractivity contribution in [2.75, 3.05) is 31.9 Å². The van der Waals surface area contributed by atoms with Crippen LogP contribution in [0.15, 0.2) is 27.6 Å².